The molecule has 0 unspecified atom stereocenters. The Kier molecular flexibility index (Phi) is 3.10. The molecule has 1 heterocycles. The van der Waals surface area contributed by atoms with Crippen LogP contribution in [0.4, 0.5) is 0 Å². The van der Waals surface area contributed by atoms with E-state index in [0.717, 1.165) is 28.7 Å². The zero-order chi connectivity index (χ0) is 12.5. The summed E-state index contributed by atoms with van der Waals surface area (Å²) in [6, 6.07) is 6.97. The van der Waals surface area contributed by atoms with Crippen molar-refractivity contribution in [3.63, 3.8) is 0 Å². The van der Waals surface area contributed by atoms with E-state index in [9.17, 15) is 0 Å². The predicted molar refractivity (Wildman–Crippen MR) is 73.5 cm³/mol. The van der Waals surface area contributed by atoms with Crippen molar-refractivity contribution in [2.45, 2.75) is 25.4 Å². The number of rotatable bonds is 4. The Morgan fingerprint density at radius 3 is 2.89 bits per heavy atom. The molecule has 0 aliphatic heterocycles. The third-order valence-electron chi connectivity index (χ3n) is 3.22. The van der Waals surface area contributed by atoms with Crippen molar-refractivity contribution in [1.29, 1.82) is 0 Å². The lowest BCUT2D eigenvalue weighted by molar-refractivity contribution is 0.688. The molecule has 1 aliphatic rings. The topological polar surface area (TPSA) is 29.9 Å². The summed E-state index contributed by atoms with van der Waals surface area (Å²) >= 11 is 6.34. The van der Waals surface area contributed by atoms with Crippen LogP contribution in [-0.2, 0) is 13.6 Å². The molecule has 1 aromatic heterocycles. The molecule has 1 saturated carbocycles. The Morgan fingerprint density at radius 2 is 2.28 bits per heavy atom. The molecular formula is C14H16ClN3. The highest BCUT2D eigenvalue weighted by Gasteiger charge is 2.20. The quantitative estimate of drug-likeness (QED) is 0.917. The van der Waals surface area contributed by atoms with E-state index in [4.69, 9.17) is 11.6 Å². The predicted octanol–water partition coefficient (Wildman–Crippen LogP) is 2.99. The van der Waals surface area contributed by atoms with E-state index in [0.29, 0.717) is 0 Å². The minimum Gasteiger partial charge on any atom is -0.310 e. The van der Waals surface area contributed by atoms with Gasteiger partial charge in [-0.1, -0.05) is 23.7 Å². The Hall–Kier alpha value is -1.32. The van der Waals surface area contributed by atoms with Crippen molar-refractivity contribution in [3.05, 3.63) is 41.2 Å². The Balaban J connectivity index is 1.79. The third kappa shape index (κ3) is 2.57. The van der Waals surface area contributed by atoms with Crippen molar-refractivity contribution < 1.29 is 0 Å². The summed E-state index contributed by atoms with van der Waals surface area (Å²) in [5.74, 6) is 0. The fourth-order valence-corrected chi connectivity index (χ4v) is 2.32. The van der Waals surface area contributed by atoms with Crippen LogP contribution < -0.4 is 5.32 Å². The van der Waals surface area contributed by atoms with Gasteiger partial charge in [-0.15, -0.1) is 0 Å². The lowest BCUT2D eigenvalue weighted by atomic mass is 10.1. The summed E-state index contributed by atoms with van der Waals surface area (Å²) in [5, 5.41) is 8.45. The van der Waals surface area contributed by atoms with Gasteiger partial charge in [-0.2, -0.15) is 5.10 Å². The van der Waals surface area contributed by atoms with Gasteiger partial charge in [0.15, 0.2) is 0 Å². The number of aryl methyl sites for hydroxylation is 1. The second kappa shape index (κ2) is 4.75. The van der Waals surface area contributed by atoms with Crippen LogP contribution in [0, 0.1) is 0 Å². The normalized spacial score (nSPS) is 15.0. The van der Waals surface area contributed by atoms with Gasteiger partial charge < -0.3 is 5.32 Å². The van der Waals surface area contributed by atoms with Gasteiger partial charge in [0.1, 0.15) is 0 Å². The molecule has 1 N–H and O–H groups in total. The first-order valence-electron chi connectivity index (χ1n) is 6.23. The van der Waals surface area contributed by atoms with E-state index < -0.39 is 0 Å². The highest BCUT2D eigenvalue weighted by molar-refractivity contribution is 6.33. The van der Waals surface area contributed by atoms with Gasteiger partial charge in [-0.25, -0.2) is 0 Å². The molecule has 1 fully saturated rings. The average Bonchev–Trinajstić information content (AvgIpc) is 3.09. The zero-order valence-electron chi connectivity index (χ0n) is 10.4. The number of hydrogen-bond acceptors (Lipinski definition) is 2. The van der Waals surface area contributed by atoms with Crippen LogP contribution in [0.2, 0.25) is 5.02 Å². The van der Waals surface area contributed by atoms with Crippen LogP contribution in [0.1, 0.15) is 18.4 Å². The molecule has 1 aromatic carbocycles. The van der Waals surface area contributed by atoms with E-state index in [1.807, 2.05) is 25.5 Å². The Labute approximate surface area is 112 Å². The average molecular weight is 262 g/mol. The first-order valence-corrected chi connectivity index (χ1v) is 6.61. The van der Waals surface area contributed by atoms with Crippen LogP contribution in [0.25, 0.3) is 11.1 Å². The minimum atomic E-state index is 0.724. The number of halogens is 1. The number of nitrogens with zero attached hydrogens (tertiary/aromatic N) is 2. The fraction of sp³-hybridized carbons (Fsp3) is 0.357. The zero-order valence-corrected chi connectivity index (χ0v) is 11.1. The summed E-state index contributed by atoms with van der Waals surface area (Å²) in [5.41, 5.74) is 3.34. The molecule has 2 aromatic rings. The van der Waals surface area contributed by atoms with Crippen molar-refractivity contribution in [1.82, 2.24) is 15.1 Å². The number of benzene rings is 1. The molecule has 0 saturated heterocycles. The van der Waals surface area contributed by atoms with Gasteiger partial charge >= 0.3 is 0 Å². The van der Waals surface area contributed by atoms with Crippen LogP contribution in [0.15, 0.2) is 30.6 Å². The smallest absolute Gasteiger partial charge is 0.0568 e. The summed E-state index contributed by atoms with van der Waals surface area (Å²) in [6.45, 7) is 0.901. The standard InChI is InChI=1S/C14H16ClN3/c1-18-9-11(8-17-18)13-5-2-10(6-14(13)15)7-16-12-3-4-12/h2,5-6,8-9,12,16H,3-4,7H2,1H3. The minimum absolute atomic E-state index is 0.724. The second-order valence-electron chi connectivity index (χ2n) is 4.87. The first kappa shape index (κ1) is 11.8. The van der Waals surface area contributed by atoms with Gasteiger partial charge in [0.25, 0.3) is 0 Å². The van der Waals surface area contributed by atoms with Gasteiger partial charge in [0.2, 0.25) is 0 Å². The molecule has 3 rings (SSSR count). The molecule has 94 valence electrons. The lowest BCUT2D eigenvalue weighted by Crippen LogP contribution is -2.15. The van der Waals surface area contributed by atoms with Gasteiger partial charge in [-0.05, 0) is 24.5 Å². The molecule has 0 bridgehead atoms. The maximum absolute atomic E-state index is 6.34. The Bertz CT molecular complexity index is 558. The van der Waals surface area contributed by atoms with Crippen molar-refractivity contribution in [2.24, 2.45) is 7.05 Å². The van der Waals surface area contributed by atoms with E-state index in [1.54, 1.807) is 4.68 Å². The number of nitrogens with one attached hydrogen (secondary N) is 1. The monoisotopic (exact) mass is 261 g/mol. The summed E-state index contributed by atoms with van der Waals surface area (Å²) < 4.78 is 1.79. The SMILES string of the molecule is Cn1cc(-c2ccc(CNC3CC3)cc2Cl)cn1. The fourth-order valence-electron chi connectivity index (χ4n) is 2.01. The van der Waals surface area contributed by atoms with E-state index in [2.05, 4.69) is 22.5 Å². The summed E-state index contributed by atoms with van der Waals surface area (Å²) in [7, 11) is 1.91. The Morgan fingerprint density at radius 1 is 1.44 bits per heavy atom. The number of aromatic nitrogens is 2. The van der Waals surface area contributed by atoms with Gasteiger partial charge in [0, 0.05) is 42.0 Å². The molecule has 0 atom stereocenters. The molecule has 4 heteroatoms. The molecule has 0 amide bonds. The van der Waals surface area contributed by atoms with Crippen molar-refractivity contribution in [2.75, 3.05) is 0 Å². The highest BCUT2D eigenvalue weighted by atomic mass is 35.5. The van der Waals surface area contributed by atoms with Crippen LogP contribution in [-0.4, -0.2) is 15.8 Å². The largest absolute Gasteiger partial charge is 0.310 e. The first-order chi connectivity index (χ1) is 8.72. The lowest BCUT2D eigenvalue weighted by Gasteiger charge is -2.06. The van der Waals surface area contributed by atoms with Crippen LogP contribution in [0.5, 0.6) is 0 Å². The molecule has 18 heavy (non-hydrogen) atoms. The van der Waals surface area contributed by atoms with Gasteiger partial charge in [0.05, 0.1) is 6.20 Å². The third-order valence-corrected chi connectivity index (χ3v) is 3.53. The molecule has 1 aliphatic carbocycles. The van der Waals surface area contributed by atoms with Crippen LogP contribution >= 0.6 is 11.6 Å². The van der Waals surface area contributed by atoms with E-state index in [-0.39, 0.29) is 0 Å². The van der Waals surface area contributed by atoms with Crippen LogP contribution in [0.3, 0.4) is 0 Å². The second-order valence-corrected chi connectivity index (χ2v) is 5.28. The maximum Gasteiger partial charge on any atom is 0.0568 e. The summed E-state index contributed by atoms with van der Waals surface area (Å²) in [4.78, 5) is 0. The molecule has 0 radical (unpaired) electrons. The van der Waals surface area contributed by atoms with E-state index in [1.165, 1.54) is 18.4 Å². The number of hydrogen-bond donors (Lipinski definition) is 1. The molecule has 3 nitrogen and oxygen atoms in total. The van der Waals surface area contributed by atoms with Gasteiger partial charge in [-0.3, -0.25) is 4.68 Å². The molecule has 0 spiro atoms. The van der Waals surface area contributed by atoms with Crippen molar-refractivity contribution in [3.8, 4) is 11.1 Å². The molecular weight excluding hydrogens is 246 g/mol. The summed E-state index contributed by atoms with van der Waals surface area (Å²) in [6.07, 6.45) is 6.43. The van der Waals surface area contributed by atoms with E-state index >= 15 is 0 Å². The van der Waals surface area contributed by atoms with Crippen molar-refractivity contribution >= 4 is 11.6 Å². The maximum atomic E-state index is 6.34. The highest BCUT2D eigenvalue weighted by Crippen LogP contribution is 2.28.